The number of nitriles is 1. The van der Waals surface area contributed by atoms with Crippen molar-refractivity contribution in [2.24, 2.45) is 0 Å². The molecule has 2 aromatic heterocycles. The highest BCUT2D eigenvalue weighted by Gasteiger charge is 2.10. The molecule has 0 radical (unpaired) electrons. The van der Waals surface area contributed by atoms with Gasteiger partial charge in [-0.25, -0.2) is 4.98 Å². The van der Waals surface area contributed by atoms with Gasteiger partial charge in [-0.3, -0.25) is 0 Å². The van der Waals surface area contributed by atoms with Gasteiger partial charge < -0.3 is 10.3 Å². The highest BCUT2D eigenvalue weighted by Crippen LogP contribution is 2.29. The fourth-order valence-electron chi connectivity index (χ4n) is 1.98. The molecule has 3 aromatic rings. The number of hydrogen-bond donors (Lipinski definition) is 1. The summed E-state index contributed by atoms with van der Waals surface area (Å²) in [7, 11) is 0. The van der Waals surface area contributed by atoms with Crippen LogP contribution in [0.4, 0.5) is 5.69 Å². The number of aromatic nitrogens is 2. The van der Waals surface area contributed by atoms with Gasteiger partial charge in [-0.05, 0) is 31.2 Å². The normalized spacial score (nSPS) is 10.7. The standard InChI is InChI=1S/C13H10N4S/c1-8-16-11-6-12(10(15)5-13(11)18-8)17-4-2-3-9(17)7-14/h2-6H,15H2,1H3. The summed E-state index contributed by atoms with van der Waals surface area (Å²) in [5, 5.41) is 10.1. The molecule has 88 valence electrons. The third-order valence-electron chi connectivity index (χ3n) is 2.77. The van der Waals surface area contributed by atoms with Crippen LogP contribution in [-0.2, 0) is 0 Å². The topological polar surface area (TPSA) is 67.6 Å². The summed E-state index contributed by atoms with van der Waals surface area (Å²) >= 11 is 1.62. The summed E-state index contributed by atoms with van der Waals surface area (Å²) in [6.45, 7) is 1.97. The van der Waals surface area contributed by atoms with Gasteiger partial charge in [-0.2, -0.15) is 5.26 Å². The van der Waals surface area contributed by atoms with Crippen LogP contribution in [-0.4, -0.2) is 9.55 Å². The number of nitrogen functional groups attached to an aromatic ring is 1. The molecule has 0 spiro atoms. The van der Waals surface area contributed by atoms with E-state index in [0.717, 1.165) is 20.9 Å². The zero-order chi connectivity index (χ0) is 12.7. The third-order valence-corrected chi connectivity index (χ3v) is 3.70. The van der Waals surface area contributed by atoms with Crippen LogP contribution in [0.15, 0.2) is 30.5 Å². The number of anilines is 1. The number of fused-ring (bicyclic) bond motifs is 1. The molecule has 0 unspecified atom stereocenters. The lowest BCUT2D eigenvalue weighted by Crippen LogP contribution is -2.00. The van der Waals surface area contributed by atoms with Crippen LogP contribution in [0.3, 0.4) is 0 Å². The van der Waals surface area contributed by atoms with Crippen molar-refractivity contribution in [3.05, 3.63) is 41.2 Å². The fraction of sp³-hybridized carbons (Fsp3) is 0.0769. The number of hydrogen-bond acceptors (Lipinski definition) is 4. The van der Waals surface area contributed by atoms with E-state index in [2.05, 4.69) is 11.1 Å². The second kappa shape index (κ2) is 3.86. The number of rotatable bonds is 1. The molecule has 5 heteroatoms. The molecule has 0 aliphatic heterocycles. The Morgan fingerprint density at radius 1 is 1.44 bits per heavy atom. The van der Waals surface area contributed by atoms with Gasteiger partial charge in [-0.15, -0.1) is 11.3 Å². The van der Waals surface area contributed by atoms with Gasteiger partial charge >= 0.3 is 0 Å². The van der Waals surface area contributed by atoms with Crippen LogP contribution >= 0.6 is 11.3 Å². The van der Waals surface area contributed by atoms with E-state index in [4.69, 9.17) is 11.0 Å². The molecule has 0 bridgehead atoms. The first-order valence-electron chi connectivity index (χ1n) is 5.43. The summed E-state index contributed by atoms with van der Waals surface area (Å²) in [6.07, 6.45) is 1.83. The Balaban J connectivity index is 2.29. The molecule has 3 rings (SSSR count). The smallest absolute Gasteiger partial charge is 0.124 e. The second-order valence-corrected chi connectivity index (χ2v) is 5.22. The van der Waals surface area contributed by atoms with Gasteiger partial charge in [0.15, 0.2) is 0 Å². The van der Waals surface area contributed by atoms with Gasteiger partial charge in [0.2, 0.25) is 0 Å². The lowest BCUT2D eigenvalue weighted by Gasteiger charge is -2.08. The van der Waals surface area contributed by atoms with Crippen LogP contribution in [0.1, 0.15) is 10.7 Å². The predicted octanol–water partition coefficient (Wildman–Crippen LogP) is 2.85. The number of nitrogens with zero attached hydrogens (tertiary/aromatic N) is 3. The van der Waals surface area contributed by atoms with Gasteiger partial charge in [0.1, 0.15) is 11.8 Å². The van der Waals surface area contributed by atoms with Crippen LogP contribution in [0, 0.1) is 18.3 Å². The molecule has 2 N–H and O–H groups in total. The average molecular weight is 254 g/mol. The molecule has 18 heavy (non-hydrogen) atoms. The molecular formula is C13H10N4S. The van der Waals surface area contributed by atoms with Crippen molar-refractivity contribution in [2.45, 2.75) is 6.92 Å². The first kappa shape index (κ1) is 10.8. The van der Waals surface area contributed by atoms with E-state index in [1.54, 1.807) is 22.0 Å². The summed E-state index contributed by atoms with van der Waals surface area (Å²) in [5.74, 6) is 0. The minimum atomic E-state index is 0.563. The zero-order valence-corrected chi connectivity index (χ0v) is 10.5. The van der Waals surface area contributed by atoms with Crippen LogP contribution in [0.2, 0.25) is 0 Å². The van der Waals surface area contributed by atoms with Crippen LogP contribution in [0.25, 0.3) is 15.9 Å². The van der Waals surface area contributed by atoms with Crippen LogP contribution < -0.4 is 5.73 Å². The van der Waals surface area contributed by atoms with Crippen molar-refractivity contribution >= 4 is 27.2 Å². The summed E-state index contributed by atoms with van der Waals surface area (Å²) in [6, 6.07) is 9.57. The van der Waals surface area contributed by atoms with Crippen molar-refractivity contribution in [2.75, 3.05) is 5.73 Å². The van der Waals surface area contributed by atoms with Crippen molar-refractivity contribution in [3.8, 4) is 11.8 Å². The summed E-state index contributed by atoms with van der Waals surface area (Å²) in [4.78, 5) is 4.45. The van der Waals surface area contributed by atoms with E-state index < -0.39 is 0 Å². The Kier molecular flexibility index (Phi) is 2.32. The van der Waals surface area contributed by atoms with Crippen molar-refractivity contribution in [1.29, 1.82) is 5.26 Å². The van der Waals surface area contributed by atoms with Crippen molar-refractivity contribution < 1.29 is 0 Å². The minimum Gasteiger partial charge on any atom is -0.397 e. The molecule has 0 aliphatic rings. The Bertz CT molecular complexity index is 776. The average Bonchev–Trinajstić information content (AvgIpc) is 2.92. The van der Waals surface area contributed by atoms with Crippen molar-refractivity contribution in [1.82, 2.24) is 9.55 Å². The highest BCUT2D eigenvalue weighted by molar-refractivity contribution is 7.18. The molecule has 0 saturated carbocycles. The molecule has 0 saturated heterocycles. The van der Waals surface area contributed by atoms with E-state index in [1.165, 1.54) is 0 Å². The van der Waals surface area contributed by atoms with Gasteiger partial charge in [0, 0.05) is 6.20 Å². The lowest BCUT2D eigenvalue weighted by molar-refractivity contribution is 1.06. The Morgan fingerprint density at radius 3 is 3.06 bits per heavy atom. The van der Waals surface area contributed by atoms with E-state index >= 15 is 0 Å². The summed E-state index contributed by atoms with van der Waals surface area (Å²) < 4.78 is 2.85. The largest absolute Gasteiger partial charge is 0.397 e. The second-order valence-electron chi connectivity index (χ2n) is 3.99. The number of nitrogens with two attached hydrogens (primary N) is 1. The number of benzene rings is 1. The summed E-state index contributed by atoms with van der Waals surface area (Å²) in [5.41, 5.74) is 8.99. The Labute approximate surface area is 108 Å². The maximum atomic E-state index is 9.05. The van der Waals surface area contributed by atoms with Crippen LogP contribution in [0.5, 0.6) is 0 Å². The minimum absolute atomic E-state index is 0.563. The molecule has 2 heterocycles. The monoisotopic (exact) mass is 254 g/mol. The maximum absolute atomic E-state index is 9.05. The quantitative estimate of drug-likeness (QED) is 0.679. The van der Waals surface area contributed by atoms with E-state index in [9.17, 15) is 0 Å². The third kappa shape index (κ3) is 1.55. The first-order valence-corrected chi connectivity index (χ1v) is 6.25. The van der Waals surface area contributed by atoms with Crippen molar-refractivity contribution in [3.63, 3.8) is 0 Å². The lowest BCUT2D eigenvalue weighted by atomic mass is 10.2. The predicted molar refractivity (Wildman–Crippen MR) is 72.8 cm³/mol. The van der Waals surface area contributed by atoms with E-state index in [0.29, 0.717) is 11.4 Å². The van der Waals surface area contributed by atoms with Gasteiger partial charge in [-0.1, -0.05) is 0 Å². The molecule has 0 fully saturated rings. The first-order chi connectivity index (χ1) is 8.69. The molecule has 4 nitrogen and oxygen atoms in total. The number of aryl methyl sites for hydroxylation is 1. The molecule has 0 atom stereocenters. The number of thiazole rings is 1. The highest BCUT2D eigenvalue weighted by atomic mass is 32.1. The van der Waals surface area contributed by atoms with Gasteiger partial charge in [0.05, 0.1) is 26.6 Å². The fourth-order valence-corrected chi connectivity index (χ4v) is 2.84. The molecular weight excluding hydrogens is 244 g/mol. The SMILES string of the molecule is Cc1nc2cc(-n3cccc3C#N)c(N)cc2s1. The zero-order valence-electron chi connectivity index (χ0n) is 9.71. The Hall–Kier alpha value is -2.32. The maximum Gasteiger partial charge on any atom is 0.124 e. The molecule has 1 aromatic carbocycles. The Morgan fingerprint density at radius 2 is 2.28 bits per heavy atom. The van der Waals surface area contributed by atoms with E-state index in [1.807, 2.05) is 31.3 Å². The molecule has 0 aliphatic carbocycles. The van der Waals surface area contributed by atoms with E-state index in [-0.39, 0.29) is 0 Å². The molecule has 0 amide bonds. The van der Waals surface area contributed by atoms with Gasteiger partial charge in [0.25, 0.3) is 0 Å².